The van der Waals surface area contributed by atoms with Crippen molar-refractivity contribution in [1.29, 1.82) is 0 Å². The predicted molar refractivity (Wildman–Crippen MR) is 97.1 cm³/mol. The molecule has 26 heavy (non-hydrogen) atoms. The van der Waals surface area contributed by atoms with Crippen LogP contribution in [0.5, 0.6) is 0 Å². The van der Waals surface area contributed by atoms with E-state index in [0.717, 1.165) is 0 Å². The van der Waals surface area contributed by atoms with Crippen molar-refractivity contribution < 1.29 is 9.59 Å². The van der Waals surface area contributed by atoms with Crippen LogP contribution in [0.1, 0.15) is 0 Å². The Morgan fingerprint density at radius 2 is 1.15 bits per heavy atom. The topological polar surface area (TPSA) is 34.1 Å². The van der Waals surface area contributed by atoms with Crippen molar-refractivity contribution in [2.75, 3.05) is 0 Å². The van der Waals surface area contributed by atoms with Gasteiger partial charge in [0.25, 0.3) is 0 Å². The van der Waals surface area contributed by atoms with Crippen LogP contribution in [-0.4, -0.2) is 16.8 Å². The van der Waals surface area contributed by atoms with Gasteiger partial charge in [0.15, 0.2) is 0 Å². The van der Waals surface area contributed by atoms with Gasteiger partial charge in [0, 0.05) is 33.8 Å². The molecule has 0 bridgehead atoms. The molecule has 130 valence electrons. The van der Waals surface area contributed by atoms with E-state index in [2.05, 4.69) is 36.4 Å². The van der Waals surface area contributed by atoms with E-state index < -0.39 is 0 Å². The minimum absolute atomic E-state index is 0.147. The van der Waals surface area contributed by atoms with Gasteiger partial charge in [-0.05, 0) is 59.5 Å². The second kappa shape index (κ2) is 4.06. The number of allylic oxidation sites excluding steroid dienone is 2. The summed E-state index contributed by atoms with van der Waals surface area (Å²) in [6.45, 7) is 0. The molecule has 0 N–H and O–H groups in total. The molecule has 0 heterocycles. The number of benzene rings is 1. The Labute approximate surface area is 156 Å². The van der Waals surface area contributed by atoms with Gasteiger partial charge >= 0.3 is 0 Å². The zero-order chi connectivity index (χ0) is 16.9. The summed E-state index contributed by atoms with van der Waals surface area (Å²) in [5, 5.41) is 0.197. The van der Waals surface area contributed by atoms with E-state index in [1.165, 1.54) is 4.90 Å². The Balaban J connectivity index is 1.33. The van der Waals surface area contributed by atoms with Crippen molar-refractivity contribution in [2.45, 2.75) is 10.1 Å². The van der Waals surface area contributed by atoms with E-state index in [0.29, 0.717) is 70.7 Å². The zero-order valence-electron chi connectivity index (χ0n) is 14.3. The number of ketones is 2. The first-order valence-corrected chi connectivity index (χ1v) is 11.1. The molecule has 3 unspecified atom stereocenters. The lowest BCUT2D eigenvalue weighted by Gasteiger charge is -2.28. The molecule has 2 nitrogen and oxygen atoms in total. The summed E-state index contributed by atoms with van der Waals surface area (Å²) < 4.78 is 0. The number of rotatable bonds is 2. The maximum absolute atomic E-state index is 13.6. The van der Waals surface area contributed by atoms with E-state index in [1.807, 2.05) is 17.8 Å². The lowest BCUT2D eigenvalue weighted by atomic mass is 9.79. The van der Waals surface area contributed by atoms with E-state index in [-0.39, 0.29) is 17.1 Å². The average Bonchev–Trinajstić information content (AvgIpc) is 3.40. The highest BCUT2D eigenvalue weighted by molar-refractivity contribution is 8.00. The molecule has 0 radical (unpaired) electrons. The fourth-order valence-electron chi connectivity index (χ4n) is 9.60. The summed E-state index contributed by atoms with van der Waals surface area (Å²) in [5.41, 5.74) is 0. The predicted octanol–water partition coefficient (Wildman–Crippen LogP) is 3.33. The fourth-order valence-corrected chi connectivity index (χ4v) is 11.1. The second-order valence-corrected chi connectivity index (χ2v) is 11.1. The highest BCUT2D eigenvalue weighted by Crippen LogP contribution is 2.83. The molecule has 7 aliphatic carbocycles. The molecule has 8 rings (SSSR count). The van der Waals surface area contributed by atoms with E-state index in [1.54, 1.807) is 0 Å². The number of thioether (sulfide) groups is 1. The van der Waals surface area contributed by atoms with Crippen molar-refractivity contribution in [3.63, 3.8) is 0 Å². The van der Waals surface area contributed by atoms with Crippen LogP contribution in [0, 0.1) is 71.0 Å². The Bertz CT molecular complexity index is 869. The number of hydrogen-bond acceptors (Lipinski definition) is 3. The molecule has 0 aromatic heterocycles. The molecule has 1 aromatic carbocycles. The van der Waals surface area contributed by atoms with E-state index in [4.69, 9.17) is 0 Å². The van der Waals surface area contributed by atoms with Gasteiger partial charge in [-0.25, -0.2) is 0 Å². The normalized spacial score (nSPS) is 60.8. The van der Waals surface area contributed by atoms with E-state index in [9.17, 15) is 9.59 Å². The molecule has 0 spiro atoms. The minimum Gasteiger partial charge on any atom is -0.299 e. The van der Waals surface area contributed by atoms with Crippen LogP contribution >= 0.6 is 11.8 Å². The van der Waals surface area contributed by atoms with Crippen molar-refractivity contribution in [1.82, 2.24) is 0 Å². The molecule has 7 aliphatic rings. The summed E-state index contributed by atoms with van der Waals surface area (Å²) in [4.78, 5) is 28.4. The average molecular weight is 360 g/mol. The van der Waals surface area contributed by atoms with Crippen LogP contribution in [0.3, 0.4) is 0 Å². The van der Waals surface area contributed by atoms with Crippen LogP contribution in [0.2, 0.25) is 0 Å². The Hall–Kier alpha value is -1.35. The van der Waals surface area contributed by atoms with Crippen molar-refractivity contribution in [3.05, 3.63) is 42.5 Å². The van der Waals surface area contributed by atoms with Crippen LogP contribution in [0.15, 0.2) is 47.4 Å². The van der Waals surface area contributed by atoms with Gasteiger partial charge in [0.05, 0.1) is 0 Å². The molecule has 0 aliphatic heterocycles. The number of carbonyl (C=O) groups is 2. The molecule has 0 amide bonds. The van der Waals surface area contributed by atoms with Crippen LogP contribution in [-0.2, 0) is 9.59 Å². The van der Waals surface area contributed by atoms with Gasteiger partial charge in [0.2, 0.25) is 0 Å². The third-order valence-electron chi connectivity index (χ3n) is 9.64. The zero-order valence-corrected chi connectivity index (χ0v) is 15.1. The third kappa shape index (κ3) is 1.16. The molecule has 1 aromatic rings. The summed E-state index contributed by atoms with van der Waals surface area (Å²) in [7, 11) is 0. The first-order valence-electron chi connectivity index (χ1n) is 10.2. The number of hydrogen-bond donors (Lipinski definition) is 0. The summed E-state index contributed by atoms with van der Waals surface area (Å²) in [6.07, 6.45) is 4.71. The van der Waals surface area contributed by atoms with Crippen molar-refractivity contribution in [3.8, 4) is 0 Å². The molecule has 0 saturated heterocycles. The Morgan fingerprint density at radius 3 is 1.73 bits per heavy atom. The van der Waals surface area contributed by atoms with Gasteiger partial charge in [-0.1, -0.05) is 30.4 Å². The highest BCUT2D eigenvalue weighted by atomic mass is 32.2. The lowest BCUT2D eigenvalue weighted by Crippen LogP contribution is -2.35. The smallest absolute Gasteiger partial charge is 0.141 e. The number of fused-ring (bicyclic) bond motifs is 2. The second-order valence-electron chi connectivity index (χ2n) is 9.81. The number of carbonyl (C=O) groups excluding carboxylic acids is 2. The van der Waals surface area contributed by atoms with Crippen molar-refractivity contribution in [2.24, 2.45) is 71.0 Å². The van der Waals surface area contributed by atoms with Crippen LogP contribution in [0.4, 0.5) is 0 Å². The van der Waals surface area contributed by atoms with Crippen LogP contribution in [0.25, 0.3) is 0 Å². The summed E-state index contributed by atoms with van der Waals surface area (Å²) in [6, 6.07) is 10.5. The lowest BCUT2D eigenvalue weighted by molar-refractivity contribution is -0.127. The SMILES string of the molecule is O=C1[C@@H]2[C@H]3C4C5[C@@H]2C=C[C@@H]5[C@H]2C(=O)[C@@H]5C(Sc6ccccc6)[C@@H]1[C@H]3[C@@H]5[C@H]42. The largest absolute Gasteiger partial charge is 0.299 e. The number of Topliss-reactive ketones (excluding diaryl/α,β-unsaturated/α-hetero) is 2. The first kappa shape index (κ1) is 13.8. The standard InChI is InChI=1S/C23H20O2S/c24-21-12-9-6-7-10-11(9)14-15(12)17-18-16(14)13(10)22(25)20(18)23(19(17)21)26-8-4-2-1-3-5-8/h1-7,9-20,23H/t9-,10-,11?,12-,13+,14?,15-,16-,17+,18-,19+,20+,23?/m0/s1. The van der Waals surface area contributed by atoms with E-state index >= 15 is 0 Å². The molecule has 3 heteroatoms. The molecule has 6 fully saturated rings. The van der Waals surface area contributed by atoms with Gasteiger partial charge in [-0.2, -0.15) is 0 Å². The van der Waals surface area contributed by atoms with Crippen LogP contribution < -0.4 is 0 Å². The maximum Gasteiger partial charge on any atom is 0.141 e. The van der Waals surface area contributed by atoms with Gasteiger partial charge in [-0.15, -0.1) is 11.8 Å². The minimum atomic E-state index is 0.147. The fraction of sp³-hybridized carbons (Fsp3) is 0.565. The molecular formula is C23H20O2S. The van der Waals surface area contributed by atoms with Gasteiger partial charge in [-0.3, -0.25) is 9.59 Å². The summed E-state index contributed by atoms with van der Waals surface area (Å²) >= 11 is 1.84. The first-order chi connectivity index (χ1) is 12.8. The van der Waals surface area contributed by atoms with Gasteiger partial charge < -0.3 is 0 Å². The molecule has 13 atom stereocenters. The van der Waals surface area contributed by atoms with Gasteiger partial charge in [0.1, 0.15) is 11.6 Å². The quantitative estimate of drug-likeness (QED) is 0.759. The Morgan fingerprint density at radius 1 is 0.615 bits per heavy atom. The maximum atomic E-state index is 13.6. The third-order valence-corrected chi connectivity index (χ3v) is 11.0. The summed E-state index contributed by atoms with van der Waals surface area (Å²) in [5.74, 6) is 6.51. The van der Waals surface area contributed by atoms with Crippen molar-refractivity contribution >= 4 is 23.3 Å². The highest BCUT2D eigenvalue weighted by Gasteiger charge is 2.84. The monoisotopic (exact) mass is 360 g/mol. The Kier molecular flexibility index (Phi) is 2.15. The molecule has 6 saturated carbocycles. The molecular weight excluding hydrogens is 340 g/mol.